The van der Waals surface area contributed by atoms with Crippen LogP contribution in [0.3, 0.4) is 0 Å². The number of hydrogen-bond acceptors (Lipinski definition) is 3. The highest BCUT2D eigenvalue weighted by Crippen LogP contribution is 2.55. The van der Waals surface area contributed by atoms with Gasteiger partial charge in [-0.1, -0.05) is 0 Å². The average Bonchev–Trinajstić information content (AvgIpc) is 2.83. The van der Waals surface area contributed by atoms with Crippen molar-refractivity contribution in [3.63, 3.8) is 0 Å². The van der Waals surface area contributed by atoms with Crippen LogP contribution in [0.15, 0.2) is 22.9 Å². The van der Waals surface area contributed by atoms with Crippen LogP contribution in [0.5, 0.6) is 0 Å². The van der Waals surface area contributed by atoms with E-state index in [-0.39, 0.29) is 11.4 Å². The lowest BCUT2D eigenvalue weighted by Crippen LogP contribution is -2.59. The second-order valence-electron chi connectivity index (χ2n) is 7.70. The van der Waals surface area contributed by atoms with E-state index in [9.17, 15) is 4.79 Å². The Morgan fingerprint density at radius 2 is 1.87 bits per heavy atom. The van der Waals surface area contributed by atoms with Crippen molar-refractivity contribution in [2.45, 2.75) is 44.1 Å². The van der Waals surface area contributed by atoms with Crippen molar-refractivity contribution in [2.75, 3.05) is 0 Å². The molecule has 4 aliphatic carbocycles. The maximum Gasteiger partial charge on any atom is 0.273 e. The number of aromatic nitrogens is 3. The van der Waals surface area contributed by atoms with Crippen LogP contribution in [-0.2, 0) is 0 Å². The van der Waals surface area contributed by atoms with Gasteiger partial charge in [-0.15, -0.1) is 0 Å². The molecule has 4 bridgehead atoms. The molecule has 0 aliphatic heterocycles. The summed E-state index contributed by atoms with van der Waals surface area (Å²) in [7, 11) is 0. The van der Waals surface area contributed by atoms with E-state index < -0.39 is 0 Å². The van der Waals surface area contributed by atoms with Gasteiger partial charge >= 0.3 is 0 Å². The first-order valence-corrected chi connectivity index (χ1v) is 9.22. The molecule has 0 atom stereocenters. The first-order valence-electron chi connectivity index (χ1n) is 8.43. The van der Waals surface area contributed by atoms with Crippen LogP contribution in [0.1, 0.15) is 49.0 Å². The summed E-state index contributed by atoms with van der Waals surface area (Å²) in [6.45, 7) is 0. The molecular weight excluding hydrogens is 356 g/mol. The third-order valence-electron chi connectivity index (χ3n) is 5.97. The van der Waals surface area contributed by atoms with E-state index >= 15 is 0 Å². The fourth-order valence-corrected chi connectivity index (χ4v) is 6.11. The van der Waals surface area contributed by atoms with Gasteiger partial charge in [0.05, 0.1) is 4.47 Å². The average molecular weight is 375 g/mol. The molecule has 120 valence electrons. The summed E-state index contributed by atoms with van der Waals surface area (Å²) in [4.78, 5) is 17.2. The highest BCUT2D eigenvalue weighted by Gasteiger charge is 2.51. The Balaban J connectivity index is 1.46. The molecule has 2 aromatic rings. The van der Waals surface area contributed by atoms with Gasteiger partial charge in [-0.25, -0.2) is 9.50 Å². The normalized spacial score (nSPS) is 34.9. The minimum Gasteiger partial charge on any atom is -0.345 e. The molecule has 6 rings (SSSR count). The second-order valence-corrected chi connectivity index (χ2v) is 8.50. The van der Waals surface area contributed by atoms with Crippen LogP contribution < -0.4 is 5.32 Å². The molecule has 0 radical (unpaired) electrons. The zero-order chi connectivity index (χ0) is 15.6. The van der Waals surface area contributed by atoms with E-state index in [1.54, 1.807) is 10.7 Å². The minimum atomic E-state index is -0.0654. The molecule has 4 saturated carbocycles. The first-order chi connectivity index (χ1) is 11.1. The molecule has 1 amide bonds. The fraction of sp³-hybridized carbons (Fsp3) is 0.588. The summed E-state index contributed by atoms with van der Waals surface area (Å²) < 4.78 is 2.33. The Morgan fingerprint density at radius 3 is 2.48 bits per heavy atom. The van der Waals surface area contributed by atoms with Gasteiger partial charge in [-0.05, 0) is 78.3 Å². The van der Waals surface area contributed by atoms with Crippen molar-refractivity contribution in [1.29, 1.82) is 0 Å². The number of carbonyl (C=O) groups excluding carboxylic acids is 1. The predicted molar refractivity (Wildman–Crippen MR) is 89.1 cm³/mol. The Kier molecular flexibility index (Phi) is 2.90. The molecule has 1 N–H and O–H groups in total. The zero-order valence-electron chi connectivity index (χ0n) is 12.8. The van der Waals surface area contributed by atoms with Gasteiger partial charge in [-0.2, -0.15) is 5.10 Å². The number of rotatable bonds is 2. The molecule has 0 aromatic carbocycles. The lowest BCUT2D eigenvalue weighted by atomic mass is 9.53. The van der Waals surface area contributed by atoms with Crippen molar-refractivity contribution in [3.05, 3.63) is 28.6 Å². The first kappa shape index (κ1) is 14.0. The van der Waals surface area contributed by atoms with Crippen molar-refractivity contribution in [2.24, 2.45) is 17.8 Å². The Labute approximate surface area is 143 Å². The van der Waals surface area contributed by atoms with Crippen molar-refractivity contribution < 1.29 is 4.79 Å². The predicted octanol–water partition coefficient (Wildman–Crippen LogP) is 3.19. The summed E-state index contributed by atoms with van der Waals surface area (Å²) in [5, 5.41) is 7.78. The number of nitrogens with one attached hydrogen (secondary N) is 1. The third-order valence-corrected chi connectivity index (χ3v) is 6.70. The van der Waals surface area contributed by atoms with Gasteiger partial charge in [0.25, 0.3) is 5.91 Å². The van der Waals surface area contributed by atoms with Crippen molar-refractivity contribution >= 4 is 27.5 Å². The van der Waals surface area contributed by atoms with Crippen LogP contribution >= 0.6 is 15.9 Å². The molecule has 6 heteroatoms. The highest BCUT2D eigenvalue weighted by molar-refractivity contribution is 9.10. The van der Waals surface area contributed by atoms with Gasteiger partial charge in [0.2, 0.25) is 0 Å². The maximum atomic E-state index is 12.9. The smallest absolute Gasteiger partial charge is 0.273 e. The standard InChI is InChI=1S/C17H19BrN4O/c18-13-14(21-22-3-1-2-19-15(13)22)16(23)20-17-7-10-4-11(8-17)6-12(5-10)9-17/h1-3,10-12H,4-9H2,(H,20,23). The molecule has 23 heavy (non-hydrogen) atoms. The lowest BCUT2D eigenvalue weighted by molar-refractivity contribution is -0.0168. The third kappa shape index (κ3) is 2.14. The molecular formula is C17H19BrN4O. The number of hydrogen-bond donors (Lipinski definition) is 1. The minimum absolute atomic E-state index is 0.00844. The van der Waals surface area contributed by atoms with Gasteiger partial charge in [0.15, 0.2) is 11.3 Å². The Hall–Kier alpha value is -1.43. The summed E-state index contributed by atoms with van der Waals surface area (Å²) in [6.07, 6.45) is 11.1. The number of carbonyl (C=O) groups is 1. The van der Waals surface area contributed by atoms with E-state index in [2.05, 4.69) is 31.3 Å². The fourth-order valence-electron chi connectivity index (χ4n) is 5.57. The van der Waals surface area contributed by atoms with Gasteiger partial charge < -0.3 is 5.32 Å². The van der Waals surface area contributed by atoms with Crippen LogP contribution in [0.4, 0.5) is 0 Å². The topological polar surface area (TPSA) is 59.3 Å². The maximum absolute atomic E-state index is 12.9. The quantitative estimate of drug-likeness (QED) is 0.877. The SMILES string of the molecule is O=C(NC12CC3CC(CC(C3)C1)C2)c1nn2cccnc2c1Br. The van der Waals surface area contributed by atoms with Crippen LogP contribution in [0.2, 0.25) is 0 Å². The number of halogens is 1. The molecule has 4 aliphatic rings. The van der Waals surface area contributed by atoms with E-state index in [4.69, 9.17) is 0 Å². The van der Waals surface area contributed by atoms with Gasteiger partial charge in [-0.3, -0.25) is 4.79 Å². The summed E-state index contributed by atoms with van der Waals surface area (Å²) in [5.41, 5.74) is 1.14. The number of fused-ring (bicyclic) bond motifs is 1. The molecule has 2 aromatic heterocycles. The van der Waals surface area contributed by atoms with Crippen LogP contribution in [0, 0.1) is 17.8 Å². The molecule has 4 fully saturated rings. The number of amides is 1. The number of nitrogens with zero attached hydrogens (tertiary/aromatic N) is 3. The van der Waals surface area contributed by atoms with Gasteiger partial charge in [0, 0.05) is 17.9 Å². The van der Waals surface area contributed by atoms with Crippen molar-refractivity contribution in [3.8, 4) is 0 Å². The van der Waals surface area contributed by atoms with E-state index in [1.165, 1.54) is 19.3 Å². The molecule has 0 unspecified atom stereocenters. The monoisotopic (exact) mass is 374 g/mol. The highest BCUT2D eigenvalue weighted by atomic mass is 79.9. The molecule has 2 heterocycles. The molecule has 5 nitrogen and oxygen atoms in total. The zero-order valence-corrected chi connectivity index (χ0v) is 14.4. The van der Waals surface area contributed by atoms with E-state index in [1.807, 2.05) is 12.3 Å². The summed E-state index contributed by atoms with van der Waals surface area (Å²) in [5.74, 6) is 2.37. The summed E-state index contributed by atoms with van der Waals surface area (Å²) in [6, 6.07) is 1.81. The molecule has 0 saturated heterocycles. The van der Waals surface area contributed by atoms with Crippen LogP contribution in [-0.4, -0.2) is 26.0 Å². The Morgan fingerprint density at radius 1 is 1.22 bits per heavy atom. The van der Waals surface area contributed by atoms with Crippen LogP contribution in [0.25, 0.3) is 5.65 Å². The van der Waals surface area contributed by atoms with E-state index in [0.29, 0.717) is 15.8 Å². The second kappa shape index (κ2) is 4.79. The van der Waals surface area contributed by atoms with Crippen molar-refractivity contribution in [1.82, 2.24) is 19.9 Å². The molecule has 0 spiro atoms. The largest absolute Gasteiger partial charge is 0.345 e. The van der Waals surface area contributed by atoms with E-state index in [0.717, 1.165) is 37.0 Å². The Bertz CT molecular complexity index is 764. The summed E-state index contributed by atoms with van der Waals surface area (Å²) >= 11 is 3.50. The van der Waals surface area contributed by atoms with Gasteiger partial charge in [0.1, 0.15) is 0 Å². The lowest BCUT2D eigenvalue weighted by Gasteiger charge is -2.56.